The molecule has 1 unspecified atom stereocenters. The molecule has 2 aromatic heterocycles. The first-order valence-electron chi connectivity index (χ1n) is 8.57. The van der Waals surface area contributed by atoms with E-state index in [9.17, 15) is 4.79 Å². The molecule has 132 valence electrons. The summed E-state index contributed by atoms with van der Waals surface area (Å²) in [6.45, 7) is 2.06. The van der Waals surface area contributed by atoms with Crippen LogP contribution in [0.2, 0.25) is 0 Å². The summed E-state index contributed by atoms with van der Waals surface area (Å²) in [6.07, 6.45) is 10.8. The van der Waals surface area contributed by atoms with E-state index in [-0.39, 0.29) is 11.9 Å². The predicted octanol–water partition coefficient (Wildman–Crippen LogP) is 3.62. The third kappa shape index (κ3) is 5.16. The Balaban J connectivity index is 1.43. The van der Waals surface area contributed by atoms with E-state index in [1.165, 1.54) is 30.2 Å². The number of thioether (sulfide) groups is 1. The molecule has 0 aliphatic heterocycles. The van der Waals surface area contributed by atoms with Gasteiger partial charge in [0, 0.05) is 36.2 Å². The zero-order valence-electron chi connectivity index (χ0n) is 14.3. The van der Waals surface area contributed by atoms with Gasteiger partial charge in [-0.05, 0) is 44.7 Å². The van der Waals surface area contributed by atoms with Crippen LogP contribution in [0.25, 0.3) is 11.5 Å². The van der Waals surface area contributed by atoms with Gasteiger partial charge in [-0.3, -0.25) is 9.78 Å². The predicted molar refractivity (Wildman–Crippen MR) is 97.0 cm³/mol. The smallest absolute Gasteiger partial charge is 0.276 e. The molecule has 0 spiro atoms. The summed E-state index contributed by atoms with van der Waals surface area (Å²) in [7, 11) is 0. The van der Waals surface area contributed by atoms with Crippen LogP contribution in [0.3, 0.4) is 0 Å². The van der Waals surface area contributed by atoms with E-state index in [1.807, 2.05) is 12.1 Å². The van der Waals surface area contributed by atoms with Gasteiger partial charge in [-0.25, -0.2) is 0 Å². The van der Waals surface area contributed by atoms with E-state index in [0.29, 0.717) is 23.3 Å². The number of nitrogens with one attached hydrogen (secondary N) is 1. The monoisotopic (exact) mass is 358 g/mol. The Morgan fingerprint density at radius 3 is 2.92 bits per heavy atom. The number of pyridine rings is 1. The van der Waals surface area contributed by atoms with Gasteiger partial charge >= 0.3 is 0 Å². The SMILES string of the molecule is CC(NC(=O)CCSc1nnc(-c2ccncc2)o1)C1=CCCCC1. The standard InChI is InChI=1S/C18H22N4O2S/c1-13(14-5-3-2-4-6-14)20-16(23)9-12-25-18-22-21-17(24-18)15-7-10-19-11-8-15/h5,7-8,10-11,13H,2-4,6,9,12H2,1H3,(H,20,23). The van der Waals surface area contributed by atoms with Gasteiger partial charge in [0.25, 0.3) is 5.22 Å². The Bertz CT molecular complexity index is 730. The Morgan fingerprint density at radius 2 is 2.16 bits per heavy atom. The number of carbonyl (C=O) groups excluding carboxylic acids is 1. The van der Waals surface area contributed by atoms with Crippen molar-refractivity contribution >= 4 is 17.7 Å². The number of nitrogens with zero attached hydrogens (tertiary/aromatic N) is 3. The van der Waals surface area contributed by atoms with Gasteiger partial charge < -0.3 is 9.73 Å². The molecule has 1 aliphatic carbocycles. The molecule has 2 aromatic rings. The quantitative estimate of drug-likeness (QED) is 0.601. The number of amides is 1. The highest BCUT2D eigenvalue weighted by Gasteiger charge is 2.14. The Kier molecular flexibility index (Phi) is 6.22. The maximum absolute atomic E-state index is 12.1. The average molecular weight is 358 g/mol. The lowest BCUT2D eigenvalue weighted by Crippen LogP contribution is -2.34. The molecule has 0 aromatic carbocycles. The first-order chi connectivity index (χ1) is 12.2. The summed E-state index contributed by atoms with van der Waals surface area (Å²) < 4.78 is 5.60. The van der Waals surface area contributed by atoms with Crippen molar-refractivity contribution in [1.29, 1.82) is 0 Å². The van der Waals surface area contributed by atoms with E-state index in [2.05, 4.69) is 33.5 Å². The molecule has 7 heteroatoms. The highest BCUT2D eigenvalue weighted by Crippen LogP contribution is 2.23. The molecule has 1 N–H and O–H groups in total. The zero-order chi connectivity index (χ0) is 17.5. The largest absolute Gasteiger partial charge is 0.411 e. The fourth-order valence-corrected chi connectivity index (χ4v) is 3.47. The van der Waals surface area contributed by atoms with Crippen molar-refractivity contribution < 1.29 is 9.21 Å². The molecular formula is C18H22N4O2S. The van der Waals surface area contributed by atoms with Crippen molar-refractivity contribution in [2.45, 2.75) is 50.3 Å². The number of hydrogen-bond acceptors (Lipinski definition) is 6. The molecule has 6 nitrogen and oxygen atoms in total. The van der Waals surface area contributed by atoms with Crippen molar-refractivity contribution in [3.8, 4) is 11.5 Å². The van der Waals surface area contributed by atoms with Crippen LogP contribution in [0.1, 0.15) is 39.0 Å². The van der Waals surface area contributed by atoms with E-state index < -0.39 is 0 Å². The molecule has 2 heterocycles. The lowest BCUT2D eigenvalue weighted by Gasteiger charge is -2.20. The third-order valence-electron chi connectivity index (χ3n) is 4.15. The van der Waals surface area contributed by atoms with Gasteiger partial charge in [0.1, 0.15) is 0 Å². The summed E-state index contributed by atoms with van der Waals surface area (Å²) in [5, 5.41) is 11.6. The summed E-state index contributed by atoms with van der Waals surface area (Å²) in [6, 6.07) is 3.76. The highest BCUT2D eigenvalue weighted by atomic mass is 32.2. The van der Waals surface area contributed by atoms with Gasteiger partial charge in [0.15, 0.2) is 0 Å². The van der Waals surface area contributed by atoms with Crippen LogP contribution in [0.4, 0.5) is 0 Å². The van der Waals surface area contributed by atoms with Crippen LogP contribution < -0.4 is 5.32 Å². The van der Waals surface area contributed by atoms with Gasteiger partial charge in [-0.1, -0.05) is 23.4 Å². The number of rotatable bonds is 7. The average Bonchev–Trinajstić information content (AvgIpc) is 3.12. The third-order valence-corrected chi connectivity index (χ3v) is 4.97. The summed E-state index contributed by atoms with van der Waals surface area (Å²) in [4.78, 5) is 16.0. The topological polar surface area (TPSA) is 80.9 Å². The highest BCUT2D eigenvalue weighted by molar-refractivity contribution is 7.99. The van der Waals surface area contributed by atoms with Crippen LogP contribution in [0, 0.1) is 0 Å². The molecule has 1 aliphatic rings. The molecule has 1 atom stereocenters. The molecule has 0 saturated carbocycles. The zero-order valence-corrected chi connectivity index (χ0v) is 15.1. The summed E-state index contributed by atoms with van der Waals surface area (Å²) in [5.41, 5.74) is 2.19. The lowest BCUT2D eigenvalue weighted by atomic mass is 9.95. The summed E-state index contributed by atoms with van der Waals surface area (Å²) >= 11 is 1.40. The molecule has 0 radical (unpaired) electrons. The summed E-state index contributed by atoms with van der Waals surface area (Å²) in [5.74, 6) is 1.13. The van der Waals surface area contributed by atoms with E-state index in [1.54, 1.807) is 12.4 Å². The van der Waals surface area contributed by atoms with Crippen LogP contribution in [0.15, 0.2) is 45.8 Å². The van der Waals surface area contributed by atoms with Crippen LogP contribution in [-0.4, -0.2) is 32.9 Å². The molecular weight excluding hydrogens is 336 g/mol. The molecule has 0 bridgehead atoms. The Hall–Kier alpha value is -2.15. The second-order valence-corrected chi connectivity index (χ2v) is 7.07. The van der Waals surface area contributed by atoms with Crippen molar-refractivity contribution in [3.05, 3.63) is 36.2 Å². The fourth-order valence-electron chi connectivity index (χ4n) is 2.77. The van der Waals surface area contributed by atoms with Crippen molar-refractivity contribution in [2.75, 3.05) is 5.75 Å². The van der Waals surface area contributed by atoms with Crippen molar-refractivity contribution in [1.82, 2.24) is 20.5 Å². The van der Waals surface area contributed by atoms with E-state index in [4.69, 9.17) is 4.42 Å². The maximum atomic E-state index is 12.1. The molecule has 3 rings (SSSR count). The maximum Gasteiger partial charge on any atom is 0.276 e. The minimum atomic E-state index is 0.0559. The number of allylic oxidation sites excluding steroid dienone is 1. The number of aromatic nitrogens is 3. The minimum absolute atomic E-state index is 0.0559. The molecule has 25 heavy (non-hydrogen) atoms. The first-order valence-corrected chi connectivity index (χ1v) is 9.56. The van der Waals surface area contributed by atoms with Gasteiger partial charge in [-0.2, -0.15) is 0 Å². The van der Waals surface area contributed by atoms with Crippen LogP contribution in [-0.2, 0) is 4.79 Å². The first kappa shape index (κ1) is 17.7. The van der Waals surface area contributed by atoms with Crippen LogP contribution >= 0.6 is 11.8 Å². The van der Waals surface area contributed by atoms with Crippen molar-refractivity contribution in [3.63, 3.8) is 0 Å². The second kappa shape index (κ2) is 8.80. The minimum Gasteiger partial charge on any atom is -0.411 e. The number of hydrogen-bond donors (Lipinski definition) is 1. The Labute approximate surface area is 151 Å². The molecule has 0 fully saturated rings. The second-order valence-electron chi connectivity index (χ2n) is 6.02. The number of carbonyl (C=O) groups is 1. The van der Waals surface area contributed by atoms with E-state index >= 15 is 0 Å². The van der Waals surface area contributed by atoms with E-state index in [0.717, 1.165) is 18.4 Å². The van der Waals surface area contributed by atoms with Crippen molar-refractivity contribution in [2.24, 2.45) is 0 Å². The fraction of sp³-hybridized carbons (Fsp3) is 0.444. The molecule has 1 amide bonds. The molecule has 0 saturated heterocycles. The Morgan fingerprint density at radius 1 is 1.32 bits per heavy atom. The van der Waals surface area contributed by atoms with Gasteiger partial charge in [0.05, 0.1) is 0 Å². The lowest BCUT2D eigenvalue weighted by molar-refractivity contribution is -0.121. The van der Waals surface area contributed by atoms with Crippen LogP contribution in [0.5, 0.6) is 0 Å². The van der Waals surface area contributed by atoms with Gasteiger partial charge in [0.2, 0.25) is 11.8 Å². The normalized spacial score (nSPS) is 15.5. The van der Waals surface area contributed by atoms with Gasteiger partial charge in [-0.15, -0.1) is 10.2 Å².